The molecule has 0 aromatic heterocycles. The quantitative estimate of drug-likeness (QED) is 0.892. The SMILES string of the molecule is O=C(CC1(O)CCCC1)N1CCC(CO)(c2ccccc2)C1. The van der Waals surface area contributed by atoms with Gasteiger partial charge in [-0.2, -0.15) is 0 Å². The van der Waals surface area contributed by atoms with Gasteiger partial charge in [-0.3, -0.25) is 4.79 Å². The molecule has 1 aliphatic heterocycles. The number of hydrogen-bond donors (Lipinski definition) is 2. The van der Waals surface area contributed by atoms with E-state index in [1.54, 1.807) is 0 Å². The minimum Gasteiger partial charge on any atom is -0.395 e. The van der Waals surface area contributed by atoms with Crippen molar-refractivity contribution in [2.24, 2.45) is 0 Å². The summed E-state index contributed by atoms with van der Waals surface area (Å²) in [6, 6.07) is 9.95. The van der Waals surface area contributed by atoms with Crippen molar-refractivity contribution in [3.63, 3.8) is 0 Å². The molecule has 0 bridgehead atoms. The maximum Gasteiger partial charge on any atom is 0.225 e. The van der Waals surface area contributed by atoms with Gasteiger partial charge in [0.05, 0.1) is 18.6 Å². The number of amides is 1. The highest BCUT2D eigenvalue weighted by atomic mass is 16.3. The first-order valence-electron chi connectivity index (χ1n) is 8.24. The molecule has 22 heavy (non-hydrogen) atoms. The molecule has 0 radical (unpaired) electrons. The van der Waals surface area contributed by atoms with E-state index >= 15 is 0 Å². The standard InChI is InChI=1S/C18H25NO3/c20-14-17(15-6-2-1-3-7-15)10-11-19(13-17)16(21)12-18(22)8-4-5-9-18/h1-3,6-7,20,22H,4-5,8-14H2. The number of aliphatic hydroxyl groups excluding tert-OH is 1. The molecule has 1 unspecified atom stereocenters. The second-order valence-electron chi connectivity index (χ2n) is 6.98. The van der Waals surface area contributed by atoms with Crippen LogP contribution in [0.25, 0.3) is 0 Å². The summed E-state index contributed by atoms with van der Waals surface area (Å²) in [6.07, 6.45) is 4.48. The van der Waals surface area contributed by atoms with Crippen molar-refractivity contribution in [1.82, 2.24) is 4.90 Å². The van der Waals surface area contributed by atoms with E-state index < -0.39 is 5.60 Å². The fraction of sp³-hybridized carbons (Fsp3) is 0.611. The Bertz CT molecular complexity index is 524. The van der Waals surface area contributed by atoms with Crippen LogP contribution in [0.2, 0.25) is 0 Å². The summed E-state index contributed by atoms with van der Waals surface area (Å²) in [5.41, 5.74) is -0.0591. The smallest absolute Gasteiger partial charge is 0.225 e. The summed E-state index contributed by atoms with van der Waals surface area (Å²) >= 11 is 0. The van der Waals surface area contributed by atoms with E-state index in [9.17, 15) is 15.0 Å². The third kappa shape index (κ3) is 2.90. The molecule has 1 aromatic rings. The van der Waals surface area contributed by atoms with Gasteiger partial charge in [0.15, 0.2) is 0 Å². The minimum atomic E-state index is -0.797. The van der Waals surface area contributed by atoms with Crippen LogP contribution in [0.15, 0.2) is 30.3 Å². The highest BCUT2D eigenvalue weighted by Gasteiger charge is 2.43. The number of nitrogens with zero attached hydrogens (tertiary/aromatic N) is 1. The average Bonchev–Trinajstić information content (AvgIpc) is 3.15. The summed E-state index contributed by atoms with van der Waals surface area (Å²) < 4.78 is 0. The normalized spacial score (nSPS) is 27.3. The second kappa shape index (κ2) is 6.01. The van der Waals surface area contributed by atoms with Crippen molar-refractivity contribution in [3.05, 3.63) is 35.9 Å². The lowest BCUT2D eigenvalue weighted by atomic mass is 9.80. The molecule has 1 aliphatic carbocycles. The number of aliphatic hydroxyl groups is 2. The number of rotatable bonds is 4. The van der Waals surface area contributed by atoms with Crippen molar-refractivity contribution >= 4 is 5.91 Å². The third-order valence-electron chi connectivity index (χ3n) is 5.41. The lowest BCUT2D eigenvalue weighted by Crippen LogP contribution is -2.40. The Labute approximate surface area is 131 Å². The van der Waals surface area contributed by atoms with Crippen LogP contribution in [0.5, 0.6) is 0 Å². The Morgan fingerprint density at radius 3 is 2.45 bits per heavy atom. The van der Waals surface area contributed by atoms with E-state index in [-0.39, 0.29) is 24.3 Å². The van der Waals surface area contributed by atoms with Crippen molar-refractivity contribution in [3.8, 4) is 0 Å². The third-order valence-corrected chi connectivity index (χ3v) is 5.41. The Hall–Kier alpha value is -1.39. The Morgan fingerprint density at radius 2 is 1.82 bits per heavy atom. The number of hydrogen-bond acceptors (Lipinski definition) is 3. The zero-order valence-electron chi connectivity index (χ0n) is 13.0. The Balaban J connectivity index is 1.69. The van der Waals surface area contributed by atoms with Gasteiger partial charge in [-0.1, -0.05) is 43.2 Å². The molecule has 1 saturated carbocycles. The molecule has 4 nitrogen and oxygen atoms in total. The fourth-order valence-corrected chi connectivity index (χ4v) is 3.94. The predicted octanol–water partition coefficient (Wildman–Crippen LogP) is 1.84. The number of carbonyl (C=O) groups is 1. The Kier molecular flexibility index (Phi) is 4.24. The summed E-state index contributed by atoms with van der Waals surface area (Å²) in [7, 11) is 0. The zero-order valence-corrected chi connectivity index (χ0v) is 13.0. The van der Waals surface area contributed by atoms with Gasteiger partial charge in [0, 0.05) is 18.5 Å². The van der Waals surface area contributed by atoms with Crippen molar-refractivity contribution in [2.45, 2.75) is 49.5 Å². The maximum atomic E-state index is 12.5. The molecule has 4 heteroatoms. The molecule has 120 valence electrons. The zero-order chi connectivity index (χ0) is 15.6. The van der Waals surface area contributed by atoms with E-state index in [4.69, 9.17) is 0 Å². The minimum absolute atomic E-state index is 0.0238. The van der Waals surface area contributed by atoms with E-state index in [1.807, 2.05) is 35.2 Å². The molecule has 2 N–H and O–H groups in total. The van der Waals surface area contributed by atoms with Crippen LogP contribution in [0.4, 0.5) is 0 Å². The first-order valence-corrected chi connectivity index (χ1v) is 8.24. The molecule has 2 aliphatic rings. The molecular weight excluding hydrogens is 278 g/mol. The number of benzene rings is 1. The summed E-state index contributed by atoms with van der Waals surface area (Å²) in [5, 5.41) is 20.3. The lowest BCUT2D eigenvalue weighted by molar-refractivity contribution is -0.135. The number of carbonyl (C=O) groups excluding carboxylic acids is 1. The van der Waals surface area contributed by atoms with Crippen LogP contribution >= 0.6 is 0 Å². The van der Waals surface area contributed by atoms with E-state index in [0.717, 1.165) is 37.7 Å². The topological polar surface area (TPSA) is 60.8 Å². The highest BCUT2D eigenvalue weighted by molar-refractivity contribution is 5.78. The van der Waals surface area contributed by atoms with Gasteiger partial charge in [-0.25, -0.2) is 0 Å². The van der Waals surface area contributed by atoms with Crippen LogP contribution in [-0.2, 0) is 10.2 Å². The van der Waals surface area contributed by atoms with Gasteiger partial charge in [-0.05, 0) is 24.8 Å². The molecule has 1 aromatic carbocycles. The van der Waals surface area contributed by atoms with Crippen molar-refractivity contribution < 1.29 is 15.0 Å². The second-order valence-corrected chi connectivity index (χ2v) is 6.98. The summed E-state index contributed by atoms with van der Waals surface area (Å²) in [4.78, 5) is 14.3. The number of likely N-dealkylation sites (tertiary alicyclic amines) is 1. The van der Waals surface area contributed by atoms with Crippen LogP contribution in [-0.4, -0.2) is 46.3 Å². The molecule has 1 atom stereocenters. The highest BCUT2D eigenvalue weighted by Crippen LogP contribution is 2.37. The molecule has 2 fully saturated rings. The largest absolute Gasteiger partial charge is 0.395 e. The average molecular weight is 303 g/mol. The van der Waals surface area contributed by atoms with E-state index in [0.29, 0.717) is 13.1 Å². The molecular formula is C18H25NO3. The van der Waals surface area contributed by atoms with Gasteiger partial charge in [0.1, 0.15) is 0 Å². The molecule has 1 amide bonds. The van der Waals surface area contributed by atoms with Gasteiger partial charge in [0.2, 0.25) is 5.91 Å². The summed E-state index contributed by atoms with van der Waals surface area (Å²) in [6.45, 7) is 1.25. The molecule has 0 spiro atoms. The maximum absolute atomic E-state index is 12.5. The lowest BCUT2D eigenvalue weighted by Gasteiger charge is -2.29. The monoisotopic (exact) mass is 303 g/mol. The van der Waals surface area contributed by atoms with Crippen LogP contribution < -0.4 is 0 Å². The first kappa shape index (κ1) is 15.5. The fourth-order valence-electron chi connectivity index (χ4n) is 3.94. The molecule has 3 rings (SSSR count). The predicted molar refractivity (Wildman–Crippen MR) is 84.4 cm³/mol. The van der Waals surface area contributed by atoms with E-state index in [1.165, 1.54) is 0 Å². The van der Waals surface area contributed by atoms with Gasteiger partial charge in [-0.15, -0.1) is 0 Å². The van der Waals surface area contributed by atoms with E-state index in [2.05, 4.69) is 0 Å². The van der Waals surface area contributed by atoms with Crippen molar-refractivity contribution in [1.29, 1.82) is 0 Å². The van der Waals surface area contributed by atoms with Crippen LogP contribution in [0, 0.1) is 0 Å². The van der Waals surface area contributed by atoms with Gasteiger partial charge >= 0.3 is 0 Å². The van der Waals surface area contributed by atoms with Gasteiger partial charge in [0.25, 0.3) is 0 Å². The first-order chi connectivity index (χ1) is 10.6. The van der Waals surface area contributed by atoms with Crippen LogP contribution in [0.1, 0.15) is 44.1 Å². The summed E-state index contributed by atoms with van der Waals surface area (Å²) in [5.74, 6) is 0.0238. The van der Waals surface area contributed by atoms with Crippen LogP contribution in [0.3, 0.4) is 0 Å². The molecule has 1 saturated heterocycles. The molecule has 1 heterocycles. The van der Waals surface area contributed by atoms with Crippen molar-refractivity contribution in [2.75, 3.05) is 19.7 Å². The Morgan fingerprint density at radius 1 is 1.14 bits per heavy atom. The van der Waals surface area contributed by atoms with Gasteiger partial charge < -0.3 is 15.1 Å².